The molecule has 126 valence electrons. The van der Waals surface area contributed by atoms with E-state index < -0.39 is 0 Å². The number of rotatable bonds is 5. The maximum atomic E-state index is 12.9. The quantitative estimate of drug-likeness (QED) is 0.903. The Balaban J connectivity index is 1.52. The van der Waals surface area contributed by atoms with E-state index in [-0.39, 0.29) is 5.92 Å². The number of nitrogens with zero attached hydrogens (tertiary/aromatic N) is 1. The first-order chi connectivity index (χ1) is 11.3. The number of hydrogen-bond donors (Lipinski definition) is 1. The van der Waals surface area contributed by atoms with Gasteiger partial charge in [0.25, 0.3) is 0 Å². The van der Waals surface area contributed by atoms with E-state index in [1.54, 1.807) is 0 Å². The van der Waals surface area contributed by atoms with Crippen LogP contribution in [0.4, 0.5) is 0 Å². The van der Waals surface area contributed by atoms with E-state index in [4.69, 9.17) is 0 Å². The van der Waals surface area contributed by atoms with E-state index in [1.807, 2.05) is 0 Å². The van der Waals surface area contributed by atoms with Crippen molar-refractivity contribution in [1.82, 2.24) is 10.2 Å². The number of carbonyl (C=O) groups is 1. The third-order valence-electron chi connectivity index (χ3n) is 5.44. The molecule has 2 aliphatic heterocycles. The van der Waals surface area contributed by atoms with E-state index in [1.165, 1.54) is 31.2 Å². The lowest BCUT2D eigenvalue weighted by Gasteiger charge is -2.39. The Morgan fingerprint density at radius 2 is 1.87 bits per heavy atom. The molecule has 2 saturated heterocycles. The fraction of sp³-hybridized carbons (Fsp3) is 0.650. The highest BCUT2D eigenvalue weighted by atomic mass is 16.2. The molecule has 0 saturated carbocycles. The van der Waals surface area contributed by atoms with Gasteiger partial charge in [0, 0.05) is 18.5 Å². The molecule has 2 fully saturated rings. The van der Waals surface area contributed by atoms with Crippen LogP contribution < -0.4 is 5.32 Å². The van der Waals surface area contributed by atoms with Crippen molar-refractivity contribution < 1.29 is 4.79 Å². The average Bonchev–Trinajstić information content (AvgIpc) is 2.63. The topological polar surface area (TPSA) is 32.3 Å². The summed E-state index contributed by atoms with van der Waals surface area (Å²) < 4.78 is 0. The van der Waals surface area contributed by atoms with Crippen molar-refractivity contribution in [1.29, 1.82) is 0 Å². The Kier molecular flexibility index (Phi) is 6.09. The van der Waals surface area contributed by atoms with Gasteiger partial charge < -0.3 is 10.2 Å². The molecule has 3 rings (SSSR count). The van der Waals surface area contributed by atoms with Gasteiger partial charge in [0.05, 0.1) is 0 Å². The molecule has 1 aromatic carbocycles. The Morgan fingerprint density at radius 3 is 2.65 bits per heavy atom. The molecular weight excluding hydrogens is 284 g/mol. The third-order valence-corrected chi connectivity index (χ3v) is 5.44. The summed E-state index contributed by atoms with van der Waals surface area (Å²) >= 11 is 0. The molecule has 0 aliphatic carbocycles. The summed E-state index contributed by atoms with van der Waals surface area (Å²) in [6, 6.07) is 11.2. The minimum absolute atomic E-state index is 0.269. The van der Waals surface area contributed by atoms with Crippen LogP contribution in [0.1, 0.15) is 50.5 Å². The second-order valence-corrected chi connectivity index (χ2v) is 7.08. The van der Waals surface area contributed by atoms with Gasteiger partial charge in [-0.15, -0.1) is 0 Å². The smallest absolute Gasteiger partial charge is 0.226 e. The fourth-order valence-electron chi connectivity index (χ4n) is 4.08. The zero-order chi connectivity index (χ0) is 15.9. The Bertz CT molecular complexity index is 482. The maximum absolute atomic E-state index is 12.9. The molecule has 0 aromatic heterocycles. The molecule has 1 amide bonds. The summed E-state index contributed by atoms with van der Waals surface area (Å²) in [4.78, 5) is 15.1. The minimum Gasteiger partial charge on any atom is -0.339 e. The van der Waals surface area contributed by atoms with Gasteiger partial charge in [0.15, 0.2) is 0 Å². The summed E-state index contributed by atoms with van der Waals surface area (Å²) in [6.45, 7) is 2.99. The van der Waals surface area contributed by atoms with Crippen LogP contribution in [0.2, 0.25) is 0 Å². The van der Waals surface area contributed by atoms with Crippen LogP contribution >= 0.6 is 0 Å². The van der Waals surface area contributed by atoms with Crippen molar-refractivity contribution in [3.8, 4) is 0 Å². The Hall–Kier alpha value is -1.35. The van der Waals surface area contributed by atoms with Gasteiger partial charge in [-0.05, 0) is 70.0 Å². The lowest BCUT2D eigenvalue weighted by molar-refractivity contribution is -0.140. The molecule has 1 unspecified atom stereocenters. The summed E-state index contributed by atoms with van der Waals surface area (Å²) in [5.74, 6) is 0.710. The van der Waals surface area contributed by atoms with Gasteiger partial charge in [-0.2, -0.15) is 0 Å². The molecule has 2 heterocycles. The average molecular weight is 314 g/mol. The van der Waals surface area contributed by atoms with Crippen LogP contribution in [0.5, 0.6) is 0 Å². The van der Waals surface area contributed by atoms with E-state index >= 15 is 0 Å². The van der Waals surface area contributed by atoms with Crippen molar-refractivity contribution in [3.05, 3.63) is 35.9 Å². The van der Waals surface area contributed by atoms with Crippen molar-refractivity contribution >= 4 is 5.91 Å². The number of carbonyl (C=O) groups excluding carboxylic acids is 1. The van der Waals surface area contributed by atoms with Crippen molar-refractivity contribution in [2.75, 3.05) is 19.6 Å². The van der Waals surface area contributed by atoms with Gasteiger partial charge in [-0.25, -0.2) is 0 Å². The molecular formula is C20H30N2O. The minimum atomic E-state index is 0.269. The van der Waals surface area contributed by atoms with Crippen LogP contribution in [0, 0.1) is 5.92 Å². The first kappa shape index (κ1) is 16.5. The van der Waals surface area contributed by atoms with Crippen molar-refractivity contribution in [3.63, 3.8) is 0 Å². The molecule has 3 nitrogen and oxygen atoms in total. The highest BCUT2D eigenvalue weighted by Gasteiger charge is 2.31. The predicted octanol–water partition coefficient (Wildman–Crippen LogP) is 3.39. The van der Waals surface area contributed by atoms with Gasteiger partial charge >= 0.3 is 0 Å². The molecule has 0 radical (unpaired) electrons. The number of benzene rings is 1. The summed E-state index contributed by atoms with van der Waals surface area (Å²) in [7, 11) is 0. The zero-order valence-electron chi connectivity index (χ0n) is 14.2. The molecule has 23 heavy (non-hydrogen) atoms. The number of likely N-dealkylation sites (tertiary alicyclic amines) is 1. The number of amides is 1. The van der Waals surface area contributed by atoms with Crippen molar-refractivity contribution in [2.45, 2.75) is 57.4 Å². The van der Waals surface area contributed by atoms with Gasteiger partial charge in [-0.1, -0.05) is 30.3 Å². The molecule has 1 N–H and O–H groups in total. The summed E-state index contributed by atoms with van der Waals surface area (Å²) in [6.07, 6.45) is 9.19. The lowest BCUT2D eigenvalue weighted by atomic mass is 9.91. The fourth-order valence-corrected chi connectivity index (χ4v) is 4.08. The summed E-state index contributed by atoms with van der Waals surface area (Å²) in [5, 5.41) is 3.37. The standard InChI is InChI=1S/C20H30N2O/c23-20(18-12-14-21-15-13-18)22-16-5-4-10-19(22)11-6-9-17-7-2-1-3-8-17/h1-3,7-8,18-19,21H,4-6,9-16H2. The van der Waals surface area contributed by atoms with Crippen LogP contribution in [-0.2, 0) is 11.2 Å². The zero-order valence-corrected chi connectivity index (χ0v) is 14.2. The SMILES string of the molecule is O=C(C1CCNCC1)N1CCCCC1CCCc1ccccc1. The number of piperidine rings is 2. The Morgan fingerprint density at radius 1 is 1.09 bits per heavy atom. The van der Waals surface area contributed by atoms with E-state index in [0.29, 0.717) is 11.9 Å². The van der Waals surface area contributed by atoms with Crippen molar-refractivity contribution in [2.24, 2.45) is 5.92 Å². The van der Waals surface area contributed by atoms with Crippen LogP contribution in [0.15, 0.2) is 30.3 Å². The second kappa shape index (κ2) is 8.49. The van der Waals surface area contributed by atoms with E-state index in [2.05, 4.69) is 40.5 Å². The number of aryl methyl sites for hydroxylation is 1. The summed E-state index contributed by atoms with van der Waals surface area (Å²) in [5.41, 5.74) is 1.42. The highest BCUT2D eigenvalue weighted by molar-refractivity contribution is 5.79. The predicted molar refractivity (Wildman–Crippen MR) is 94.3 cm³/mol. The van der Waals surface area contributed by atoms with Crippen LogP contribution in [0.3, 0.4) is 0 Å². The number of nitrogens with one attached hydrogen (secondary N) is 1. The third kappa shape index (κ3) is 4.57. The normalized spacial score (nSPS) is 23.0. The molecule has 0 bridgehead atoms. The molecule has 1 aromatic rings. The monoisotopic (exact) mass is 314 g/mol. The first-order valence-corrected chi connectivity index (χ1v) is 9.40. The van der Waals surface area contributed by atoms with Gasteiger partial charge in [0.1, 0.15) is 0 Å². The number of hydrogen-bond acceptors (Lipinski definition) is 2. The van der Waals surface area contributed by atoms with Crippen LogP contribution in [-0.4, -0.2) is 36.5 Å². The van der Waals surface area contributed by atoms with Crippen LogP contribution in [0.25, 0.3) is 0 Å². The molecule has 1 atom stereocenters. The first-order valence-electron chi connectivity index (χ1n) is 9.40. The van der Waals surface area contributed by atoms with Gasteiger partial charge in [0.2, 0.25) is 5.91 Å². The molecule has 0 spiro atoms. The van der Waals surface area contributed by atoms with E-state index in [0.717, 1.165) is 45.3 Å². The highest BCUT2D eigenvalue weighted by Crippen LogP contribution is 2.26. The Labute approximate surface area is 140 Å². The van der Waals surface area contributed by atoms with E-state index in [9.17, 15) is 4.79 Å². The molecule has 2 aliphatic rings. The lowest BCUT2D eigenvalue weighted by Crippen LogP contribution is -2.48. The second-order valence-electron chi connectivity index (χ2n) is 7.08. The maximum Gasteiger partial charge on any atom is 0.226 e. The largest absolute Gasteiger partial charge is 0.339 e. The molecule has 3 heteroatoms. The van der Waals surface area contributed by atoms with Gasteiger partial charge in [-0.3, -0.25) is 4.79 Å².